The topological polar surface area (TPSA) is 42.0 Å². The zero-order chi connectivity index (χ0) is 29.5. The average molecular weight is 589 g/mol. The number of allylic oxidation sites excluding steroid dienone is 5. The van der Waals surface area contributed by atoms with E-state index in [2.05, 4.69) is 109 Å². The van der Waals surface area contributed by atoms with Gasteiger partial charge in [0, 0.05) is 44.8 Å². The van der Waals surface area contributed by atoms with Crippen LogP contribution < -0.4 is 15.9 Å². The highest BCUT2D eigenvalue weighted by molar-refractivity contribution is 7.82. The molecule has 1 N–H and O–H groups in total. The summed E-state index contributed by atoms with van der Waals surface area (Å²) in [6.45, 7) is 0.904. The first kappa shape index (κ1) is 26.9. The van der Waals surface area contributed by atoms with Gasteiger partial charge in [-0.05, 0) is 65.3 Å². The van der Waals surface area contributed by atoms with E-state index in [1.165, 1.54) is 21.7 Å². The van der Waals surface area contributed by atoms with E-state index in [0.29, 0.717) is 5.92 Å². The number of hydrogen-bond acceptors (Lipinski definition) is 3. The Balaban J connectivity index is 1.42. The second-order valence-electron chi connectivity index (χ2n) is 11.8. The lowest BCUT2D eigenvalue weighted by atomic mass is 9.85. The van der Waals surface area contributed by atoms with Gasteiger partial charge in [-0.25, -0.2) is 4.98 Å². The molecule has 0 saturated carbocycles. The van der Waals surface area contributed by atoms with Crippen molar-refractivity contribution in [2.45, 2.75) is 25.2 Å². The highest BCUT2D eigenvalue weighted by Crippen LogP contribution is 2.54. The van der Waals surface area contributed by atoms with Gasteiger partial charge in [0.15, 0.2) is 7.14 Å². The molecule has 6 aromatic rings. The highest BCUT2D eigenvalue weighted by atomic mass is 31.2. The molecule has 0 saturated heterocycles. The zero-order valence-electron chi connectivity index (χ0n) is 24.5. The molecule has 214 valence electrons. The smallest absolute Gasteiger partial charge is 0.167 e. The van der Waals surface area contributed by atoms with Gasteiger partial charge < -0.3 is 9.88 Å². The molecular weight excluding hydrogens is 555 g/mol. The predicted molar refractivity (Wildman–Crippen MR) is 186 cm³/mol. The maximum Gasteiger partial charge on any atom is 0.167 e. The largest absolute Gasteiger partial charge is 0.391 e. The molecule has 0 spiro atoms. The zero-order valence-corrected chi connectivity index (χ0v) is 25.4. The third-order valence-corrected chi connectivity index (χ3v) is 12.4. The van der Waals surface area contributed by atoms with Crippen molar-refractivity contribution >= 4 is 50.2 Å². The number of benzene rings is 5. The second-order valence-corrected chi connectivity index (χ2v) is 14.6. The minimum atomic E-state index is -3.06. The van der Waals surface area contributed by atoms with Crippen molar-refractivity contribution in [3.63, 3.8) is 0 Å². The van der Waals surface area contributed by atoms with Crippen molar-refractivity contribution < 1.29 is 4.57 Å². The van der Waals surface area contributed by atoms with Gasteiger partial charge in [0.2, 0.25) is 0 Å². The number of rotatable bonds is 5. The molecule has 2 aliphatic rings. The van der Waals surface area contributed by atoms with Gasteiger partial charge in [0.25, 0.3) is 0 Å². The number of fused-ring (bicyclic) bond motifs is 5. The van der Waals surface area contributed by atoms with E-state index >= 15 is 4.57 Å². The molecule has 4 heteroatoms. The fraction of sp³-hybridized carbons (Fsp3) is 0.125. The summed E-state index contributed by atoms with van der Waals surface area (Å²) >= 11 is 0. The summed E-state index contributed by atoms with van der Waals surface area (Å²) in [6, 6.07) is 38.0. The van der Waals surface area contributed by atoms with Gasteiger partial charge in [-0.3, -0.25) is 0 Å². The molecule has 5 aromatic carbocycles. The summed E-state index contributed by atoms with van der Waals surface area (Å²) in [4.78, 5) is 5.33. The highest BCUT2D eigenvalue weighted by Gasteiger charge is 2.32. The summed E-state index contributed by atoms with van der Waals surface area (Å²) in [7, 11) is -3.06. The van der Waals surface area contributed by atoms with Crippen LogP contribution >= 0.6 is 7.14 Å². The molecule has 3 nitrogen and oxygen atoms in total. The molecule has 0 radical (unpaired) electrons. The van der Waals surface area contributed by atoms with Crippen LogP contribution in [0.1, 0.15) is 30.7 Å². The van der Waals surface area contributed by atoms with E-state index in [-0.39, 0.29) is 0 Å². The molecule has 2 atom stereocenters. The van der Waals surface area contributed by atoms with Crippen LogP contribution in [0, 0.1) is 0 Å². The van der Waals surface area contributed by atoms with Crippen molar-refractivity contribution in [2.75, 3.05) is 6.54 Å². The van der Waals surface area contributed by atoms with E-state index in [9.17, 15) is 0 Å². The fourth-order valence-electron chi connectivity index (χ4n) is 7.07. The molecule has 1 aliphatic carbocycles. The maximum atomic E-state index is 15.3. The van der Waals surface area contributed by atoms with Crippen molar-refractivity contribution in [3.05, 3.63) is 151 Å². The monoisotopic (exact) mass is 588 g/mol. The molecule has 2 unspecified atom stereocenters. The Hall–Kier alpha value is -4.72. The van der Waals surface area contributed by atoms with Crippen LogP contribution in [0.25, 0.3) is 43.7 Å². The standard InChI is InChI=1S/C40H33N2OP/c43-44(30-15-3-1-4-16-30,31-17-5-2-6-18-31)32-19-11-13-28(25-32)40-37-26-36(29-14-12-24-41-27-29)33-20-7-8-21-34(33)39(37)35-22-9-10-23-38(35)42-40/h1-5,7-13,15-17,19-26,29,41H,6,14,18,27H2. The SMILES string of the molecule is O=P(C1=CC=CCC1)(c1ccccc1)c1cccc(-c2nc3ccccc3c3c2cc(C2CC=CNC2)c2ccccc23)c1. The first-order chi connectivity index (χ1) is 21.7. The van der Waals surface area contributed by atoms with E-state index in [1.54, 1.807) is 0 Å². The molecule has 2 heterocycles. The lowest BCUT2D eigenvalue weighted by Crippen LogP contribution is -2.20. The Kier molecular flexibility index (Phi) is 6.77. The number of nitrogens with zero attached hydrogens (tertiary/aromatic N) is 1. The number of pyridine rings is 1. The Morgan fingerprint density at radius 2 is 1.50 bits per heavy atom. The summed E-state index contributed by atoms with van der Waals surface area (Å²) in [5.41, 5.74) is 4.23. The van der Waals surface area contributed by atoms with E-state index in [0.717, 1.165) is 69.3 Å². The summed E-state index contributed by atoms with van der Waals surface area (Å²) in [5, 5.41) is 12.3. The molecule has 0 bridgehead atoms. The molecule has 0 fully saturated rings. The van der Waals surface area contributed by atoms with Crippen LogP contribution in [0.4, 0.5) is 0 Å². The van der Waals surface area contributed by atoms with Gasteiger partial charge in [0.05, 0.1) is 11.2 Å². The van der Waals surface area contributed by atoms with Gasteiger partial charge in [0.1, 0.15) is 0 Å². The first-order valence-corrected chi connectivity index (χ1v) is 17.2. The summed E-state index contributed by atoms with van der Waals surface area (Å²) in [6.07, 6.45) is 13.3. The normalized spacial score (nSPS) is 17.8. The van der Waals surface area contributed by atoms with Crippen LogP contribution in [0.2, 0.25) is 0 Å². The molecule has 1 aliphatic heterocycles. The number of hydrogen-bond donors (Lipinski definition) is 1. The van der Waals surface area contributed by atoms with E-state index in [1.807, 2.05) is 36.4 Å². The van der Waals surface area contributed by atoms with Gasteiger partial charge in [-0.1, -0.05) is 115 Å². The third kappa shape index (κ3) is 4.43. The third-order valence-electron chi connectivity index (χ3n) is 9.20. The molecular formula is C40H33N2OP. The Morgan fingerprint density at radius 1 is 0.727 bits per heavy atom. The Bertz CT molecular complexity index is 2200. The molecule has 44 heavy (non-hydrogen) atoms. The summed E-state index contributed by atoms with van der Waals surface area (Å²) < 4.78 is 15.3. The van der Waals surface area contributed by atoms with Gasteiger partial charge >= 0.3 is 0 Å². The van der Waals surface area contributed by atoms with Crippen molar-refractivity contribution in [3.8, 4) is 11.3 Å². The average Bonchev–Trinajstić information content (AvgIpc) is 3.11. The maximum absolute atomic E-state index is 15.3. The van der Waals surface area contributed by atoms with Gasteiger partial charge in [-0.15, -0.1) is 0 Å². The van der Waals surface area contributed by atoms with Crippen LogP contribution in [0.15, 0.2) is 145 Å². The quantitative estimate of drug-likeness (QED) is 0.161. The van der Waals surface area contributed by atoms with E-state index in [4.69, 9.17) is 4.98 Å². The van der Waals surface area contributed by atoms with Crippen LogP contribution in [-0.2, 0) is 4.57 Å². The lowest BCUT2D eigenvalue weighted by Gasteiger charge is -2.25. The number of para-hydroxylation sites is 1. The fourth-order valence-corrected chi connectivity index (χ4v) is 9.98. The lowest BCUT2D eigenvalue weighted by molar-refractivity contribution is 0.589. The van der Waals surface area contributed by atoms with E-state index < -0.39 is 7.14 Å². The van der Waals surface area contributed by atoms with Crippen LogP contribution in [0.3, 0.4) is 0 Å². The second kappa shape index (κ2) is 11.1. The van der Waals surface area contributed by atoms with Crippen molar-refractivity contribution in [1.82, 2.24) is 10.3 Å². The Morgan fingerprint density at radius 3 is 2.30 bits per heavy atom. The summed E-state index contributed by atoms with van der Waals surface area (Å²) in [5.74, 6) is 0.365. The van der Waals surface area contributed by atoms with Gasteiger partial charge in [-0.2, -0.15) is 0 Å². The predicted octanol–water partition coefficient (Wildman–Crippen LogP) is 9.35. The number of aromatic nitrogens is 1. The van der Waals surface area contributed by atoms with Crippen LogP contribution in [0.5, 0.6) is 0 Å². The minimum Gasteiger partial charge on any atom is -0.391 e. The minimum absolute atomic E-state index is 0.365. The Labute approximate surface area is 258 Å². The molecule has 8 rings (SSSR count). The molecule has 0 amide bonds. The van der Waals surface area contributed by atoms with Crippen LogP contribution in [-0.4, -0.2) is 11.5 Å². The number of nitrogens with one attached hydrogen (secondary N) is 1. The van der Waals surface area contributed by atoms with Crippen molar-refractivity contribution in [2.24, 2.45) is 0 Å². The first-order valence-electron chi connectivity index (χ1n) is 15.5. The van der Waals surface area contributed by atoms with Crippen molar-refractivity contribution in [1.29, 1.82) is 0 Å². The molecule has 1 aromatic heterocycles.